The van der Waals surface area contributed by atoms with Crippen LogP contribution in [0.4, 0.5) is 0 Å². The van der Waals surface area contributed by atoms with Gasteiger partial charge in [-0.05, 0) is 27.7 Å². The van der Waals surface area contributed by atoms with E-state index in [4.69, 9.17) is 4.74 Å². The van der Waals surface area contributed by atoms with E-state index in [0.29, 0.717) is 0 Å². The van der Waals surface area contributed by atoms with Gasteiger partial charge in [-0.15, -0.1) is 0 Å². The Morgan fingerprint density at radius 2 is 1.64 bits per heavy atom. The molecule has 0 atom stereocenters. The highest BCUT2D eigenvalue weighted by Crippen LogP contribution is 2.06. The van der Waals surface area contributed by atoms with Crippen LogP contribution in [0.1, 0.15) is 27.7 Å². The van der Waals surface area contributed by atoms with Crippen LogP contribution < -0.4 is 0 Å². The molecule has 0 amide bonds. The molecule has 0 radical (unpaired) electrons. The topological polar surface area (TPSA) is 26.3 Å². The van der Waals surface area contributed by atoms with Gasteiger partial charge in [0.15, 0.2) is 0 Å². The van der Waals surface area contributed by atoms with E-state index in [1.54, 1.807) is 12.2 Å². The number of hydrogen-bond donors (Lipinski definition) is 0. The Bertz CT molecular complexity index is 252. The molecule has 0 fully saturated rings. The second-order valence-corrected chi connectivity index (χ2v) is 3.80. The van der Waals surface area contributed by atoms with Crippen LogP contribution in [0.3, 0.4) is 0 Å². The Kier molecular flexibility index (Phi) is 5.61. The van der Waals surface area contributed by atoms with Gasteiger partial charge in [-0.2, -0.15) is 0 Å². The maximum Gasteiger partial charge on any atom is 0.331 e. The van der Waals surface area contributed by atoms with Crippen LogP contribution >= 0.6 is 0 Å². The maximum atomic E-state index is 11.1. The summed E-state index contributed by atoms with van der Waals surface area (Å²) < 4.78 is 5.07. The fraction of sp³-hybridized carbons (Fsp3) is 0.417. The summed E-state index contributed by atoms with van der Waals surface area (Å²) in [6.07, 6.45) is 10.5. The summed E-state index contributed by atoms with van der Waals surface area (Å²) in [4.78, 5) is 11.1. The van der Waals surface area contributed by atoms with Crippen LogP contribution in [0.25, 0.3) is 0 Å². The largest absolute Gasteiger partial charge is 0.457 e. The van der Waals surface area contributed by atoms with Gasteiger partial charge in [0.2, 0.25) is 0 Å². The van der Waals surface area contributed by atoms with Crippen LogP contribution in [0.15, 0.2) is 36.5 Å². The van der Waals surface area contributed by atoms with Crippen LogP contribution in [0.5, 0.6) is 0 Å². The van der Waals surface area contributed by atoms with Crippen molar-refractivity contribution in [3.63, 3.8) is 0 Å². The molecule has 0 saturated heterocycles. The third-order valence-corrected chi connectivity index (χ3v) is 1.16. The van der Waals surface area contributed by atoms with Gasteiger partial charge in [0.25, 0.3) is 0 Å². The summed E-state index contributed by atoms with van der Waals surface area (Å²) in [7, 11) is 0. The van der Waals surface area contributed by atoms with Gasteiger partial charge in [-0.25, -0.2) is 4.79 Å². The fourth-order valence-electron chi connectivity index (χ4n) is 0.709. The molecule has 0 aromatic heterocycles. The Morgan fingerprint density at radius 1 is 1.07 bits per heavy atom. The van der Waals surface area contributed by atoms with E-state index in [2.05, 4.69) is 0 Å². The van der Waals surface area contributed by atoms with Crippen LogP contribution in [-0.4, -0.2) is 11.6 Å². The lowest BCUT2D eigenvalue weighted by Gasteiger charge is -2.17. The Labute approximate surface area is 86.0 Å². The molecule has 0 aliphatic carbocycles. The van der Waals surface area contributed by atoms with E-state index in [1.807, 2.05) is 45.9 Å². The summed E-state index contributed by atoms with van der Waals surface area (Å²) >= 11 is 0. The Morgan fingerprint density at radius 3 is 2.14 bits per heavy atom. The van der Waals surface area contributed by atoms with Crippen molar-refractivity contribution in [3.05, 3.63) is 36.5 Å². The SMILES string of the molecule is C/C=C/C=C/C=C/C(=O)OC(C)(C)C. The molecule has 0 spiro atoms. The molecule has 0 bridgehead atoms. The highest BCUT2D eigenvalue weighted by molar-refractivity contribution is 5.82. The number of esters is 1. The number of rotatable bonds is 3. The zero-order valence-electron chi connectivity index (χ0n) is 9.28. The minimum Gasteiger partial charge on any atom is -0.457 e. The number of ether oxygens (including phenoxy) is 1. The number of carbonyl (C=O) groups excluding carboxylic acids is 1. The van der Waals surface area contributed by atoms with Crippen molar-refractivity contribution in [2.24, 2.45) is 0 Å². The van der Waals surface area contributed by atoms with Gasteiger partial charge >= 0.3 is 5.97 Å². The molecule has 2 nitrogen and oxygen atoms in total. The van der Waals surface area contributed by atoms with Gasteiger partial charge in [-0.1, -0.05) is 30.4 Å². The zero-order valence-corrected chi connectivity index (χ0v) is 9.28. The average molecular weight is 194 g/mol. The second-order valence-electron chi connectivity index (χ2n) is 3.80. The van der Waals surface area contributed by atoms with Gasteiger partial charge in [0.05, 0.1) is 0 Å². The summed E-state index contributed by atoms with van der Waals surface area (Å²) in [5.74, 6) is -0.317. The average Bonchev–Trinajstić information content (AvgIpc) is 2.00. The quantitative estimate of drug-likeness (QED) is 0.392. The van der Waals surface area contributed by atoms with Crippen molar-refractivity contribution < 1.29 is 9.53 Å². The molecule has 0 aromatic carbocycles. The van der Waals surface area contributed by atoms with E-state index >= 15 is 0 Å². The molecule has 0 unspecified atom stereocenters. The first-order valence-corrected chi connectivity index (χ1v) is 4.65. The summed E-state index contributed by atoms with van der Waals surface area (Å²) in [5, 5.41) is 0. The molecule has 0 rings (SSSR count). The first kappa shape index (κ1) is 12.7. The molecule has 14 heavy (non-hydrogen) atoms. The first-order valence-electron chi connectivity index (χ1n) is 4.65. The van der Waals surface area contributed by atoms with E-state index in [0.717, 1.165) is 0 Å². The molecule has 2 heteroatoms. The summed E-state index contributed by atoms with van der Waals surface area (Å²) in [6.45, 7) is 7.46. The molecule has 0 aromatic rings. The smallest absolute Gasteiger partial charge is 0.331 e. The van der Waals surface area contributed by atoms with Gasteiger partial charge < -0.3 is 4.74 Å². The van der Waals surface area contributed by atoms with E-state index in [1.165, 1.54) is 6.08 Å². The normalized spacial score (nSPS) is 13.1. The third kappa shape index (κ3) is 8.78. The van der Waals surface area contributed by atoms with E-state index in [-0.39, 0.29) is 5.97 Å². The van der Waals surface area contributed by atoms with Crippen LogP contribution in [-0.2, 0) is 9.53 Å². The second kappa shape index (κ2) is 6.19. The van der Waals surface area contributed by atoms with Crippen LogP contribution in [0.2, 0.25) is 0 Å². The monoisotopic (exact) mass is 194 g/mol. The van der Waals surface area contributed by atoms with Crippen molar-refractivity contribution in [1.29, 1.82) is 0 Å². The van der Waals surface area contributed by atoms with Crippen molar-refractivity contribution in [3.8, 4) is 0 Å². The highest BCUT2D eigenvalue weighted by Gasteiger charge is 2.13. The third-order valence-electron chi connectivity index (χ3n) is 1.16. The standard InChI is InChI=1S/C12H18O2/c1-5-6-7-8-9-10-11(13)14-12(2,3)4/h5-10H,1-4H3/b6-5+,8-7+,10-9+. The lowest BCUT2D eigenvalue weighted by atomic mass is 10.2. The number of carbonyl (C=O) groups is 1. The fourth-order valence-corrected chi connectivity index (χ4v) is 0.709. The van der Waals surface area contributed by atoms with E-state index in [9.17, 15) is 4.79 Å². The zero-order chi connectivity index (χ0) is 11.0. The minimum absolute atomic E-state index is 0.317. The van der Waals surface area contributed by atoms with E-state index < -0.39 is 5.60 Å². The molecule has 0 aliphatic heterocycles. The summed E-state index contributed by atoms with van der Waals surface area (Å²) in [5.41, 5.74) is -0.422. The van der Waals surface area contributed by atoms with Gasteiger partial charge in [-0.3, -0.25) is 0 Å². The molecule has 78 valence electrons. The molecular weight excluding hydrogens is 176 g/mol. The molecular formula is C12H18O2. The number of hydrogen-bond acceptors (Lipinski definition) is 2. The summed E-state index contributed by atoms with van der Waals surface area (Å²) in [6, 6.07) is 0. The van der Waals surface area contributed by atoms with Crippen molar-refractivity contribution in [2.45, 2.75) is 33.3 Å². The van der Waals surface area contributed by atoms with Gasteiger partial charge in [0.1, 0.15) is 5.60 Å². The molecule has 0 heterocycles. The van der Waals surface area contributed by atoms with Crippen molar-refractivity contribution in [2.75, 3.05) is 0 Å². The lowest BCUT2D eigenvalue weighted by Crippen LogP contribution is -2.22. The predicted octanol–water partition coefficient (Wildman–Crippen LogP) is 3.02. The molecule has 0 saturated carbocycles. The Hall–Kier alpha value is -1.31. The highest BCUT2D eigenvalue weighted by atomic mass is 16.6. The Balaban J connectivity index is 3.95. The first-order chi connectivity index (χ1) is 6.45. The van der Waals surface area contributed by atoms with Crippen molar-refractivity contribution in [1.82, 2.24) is 0 Å². The lowest BCUT2D eigenvalue weighted by molar-refractivity contribution is -0.148. The van der Waals surface area contributed by atoms with Crippen molar-refractivity contribution >= 4 is 5.97 Å². The maximum absolute atomic E-state index is 11.1. The van der Waals surface area contributed by atoms with Crippen LogP contribution in [0, 0.1) is 0 Å². The minimum atomic E-state index is -0.422. The number of allylic oxidation sites excluding steroid dienone is 5. The van der Waals surface area contributed by atoms with Gasteiger partial charge in [0, 0.05) is 6.08 Å². The molecule has 0 N–H and O–H groups in total. The predicted molar refractivity (Wildman–Crippen MR) is 58.9 cm³/mol. The molecule has 0 aliphatic rings.